The fourth-order valence-corrected chi connectivity index (χ4v) is 7.19. The highest BCUT2D eigenvalue weighted by atomic mass is 16.6. The molecule has 0 aliphatic carbocycles. The molecule has 2 aliphatic rings. The Bertz CT molecular complexity index is 1920. The molecular weight excluding hydrogens is 701 g/mol. The van der Waals surface area contributed by atoms with E-state index in [0.717, 1.165) is 122 Å². The van der Waals surface area contributed by atoms with Gasteiger partial charge in [0.05, 0.1) is 38.6 Å². The van der Waals surface area contributed by atoms with Gasteiger partial charge in [-0.3, -0.25) is 9.59 Å². The van der Waals surface area contributed by atoms with Crippen LogP contribution in [0, 0.1) is 0 Å². The molecule has 8 nitrogen and oxygen atoms in total. The lowest BCUT2D eigenvalue weighted by Crippen LogP contribution is -2.33. The average Bonchev–Trinajstić information content (AvgIpc) is 4.18. The van der Waals surface area contributed by atoms with Crippen molar-refractivity contribution in [2.45, 2.75) is 90.3 Å². The number of amides is 2. The summed E-state index contributed by atoms with van der Waals surface area (Å²) in [5.74, 6) is 1.58. The number of carbonyl (C=O) groups is 2. The van der Waals surface area contributed by atoms with Crippen molar-refractivity contribution in [1.29, 1.82) is 0 Å². The summed E-state index contributed by atoms with van der Waals surface area (Å²) in [6.07, 6.45) is 10.9. The molecule has 2 fully saturated rings. The van der Waals surface area contributed by atoms with E-state index in [1.807, 2.05) is 107 Å². The molecule has 2 amide bonds. The molecule has 0 N–H and O–H groups in total. The highest BCUT2D eigenvalue weighted by molar-refractivity contribution is 6.09. The van der Waals surface area contributed by atoms with Crippen molar-refractivity contribution in [3.8, 4) is 11.5 Å². The van der Waals surface area contributed by atoms with Gasteiger partial charge in [0, 0.05) is 48.4 Å². The lowest BCUT2D eigenvalue weighted by atomic mass is 10.0. The number of nitrogens with zero attached hydrogens (tertiary/aromatic N) is 2. The van der Waals surface area contributed by atoms with Crippen LogP contribution < -0.4 is 19.3 Å². The van der Waals surface area contributed by atoms with Gasteiger partial charge in [0.2, 0.25) is 0 Å². The van der Waals surface area contributed by atoms with Gasteiger partial charge in [0.25, 0.3) is 11.8 Å². The Morgan fingerprint density at radius 3 is 1.32 bits per heavy atom. The summed E-state index contributed by atoms with van der Waals surface area (Å²) in [5.41, 5.74) is 2.94. The highest BCUT2D eigenvalue weighted by Gasteiger charge is 2.24. The molecule has 2 saturated heterocycles. The van der Waals surface area contributed by atoms with E-state index in [0.29, 0.717) is 49.6 Å². The van der Waals surface area contributed by atoms with E-state index in [1.165, 1.54) is 0 Å². The fraction of sp³-hybridized carbons (Fsp3) is 0.417. The second-order valence-corrected chi connectivity index (χ2v) is 15.2. The van der Waals surface area contributed by atoms with Gasteiger partial charge in [-0.25, -0.2) is 0 Å². The molecule has 2 aliphatic heterocycles. The summed E-state index contributed by atoms with van der Waals surface area (Å²) in [4.78, 5) is 32.3. The van der Waals surface area contributed by atoms with Crippen LogP contribution in [0.3, 0.4) is 0 Å². The van der Waals surface area contributed by atoms with Crippen LogP contribution in [0.15, 0.2) is 97.1 Å². The lowest BCUT2D eigenvalue weighted by molar-refractivity contribution is 0.0978. The first-order chi connectivity index (χ1) is 27.5. The van der Waals surface area contributed by atoms with Crippen molar-refractivity contribution in [2.24, 2.45) is 0 Å². The summed E-state index contributed by atoms with van der Waals surface area (Å²) >= 11 is 0. The predicted octanol–water partition coefficient (Wildman–Crippen LogP) is 10.8. The number of anilines is 2. The van der Waals surface area contributed by atoms with Gasteiger partial charge in [-0.15, -0.1) is 0 Å². The minimum Gasteiger partial charge on any atom is -0.493 e. The SMILES string of the molecule is CCCCCCN(C(=O)c1ccc2cc(OCCC3CO3)ccc2c1)c1ccc(N(CCCCCC)C(=O)c2ccc3cc(OCCC4CO4)ccc3c2)cc1. The van der Waals surface area contributed by atoms with E-state index < -0.39 is 0 Å². The smallest absolute Gasteiger partial charge is 0.258 e. The molecule has 0 saturated carbocycles. The number of epoxide rings is 2. The molecule has 7 rings (SSSR count). The van der Waals surface area contributed by atoms with Crippen molar-refractivity contribution >= 4 is 44.7 Å². The van der Waals surface area contributed by atoms with E-state index in [1.54, 1.807) is 0 Å². The van der Waals surface area contributed by atoms with E-state index >= 15 is 0 Å². The molecular formula is C48H56N2O6. The van der Waals surface area contributed by atoms with Crippen LogP contribution in [-0.2, 0) is 9.47 Å². The maximum Gasteiger partial charge on any atom is 0.258 e. The molecule has 2 unspecified atom stereocenters. The molecule has 0 spiro atoms. The van der Waals surface area contributed by atoms with Gasteiger partial charge in [0.15, 0.2) is 0 Å². The normalized spacial score (nSPS) is 15.8. The van der Waals surface area contributed by atoms with Gasteiger partial charge < -0.3 is 28.7 Å². The van der Waals surface area contributed by atoms with Gasteiger partial charge in [-0.1, -0.05) is 76.6 Å². The summed E-state index contributed by atoms with van der Waals surface area (Å²) < 4.78 is 22.5. The maximum atomic E-state index is 14.3. The van der Waals surface area contributed by atoms with Crippen LogP contribution >= 0.6 is 0 Å². The van der Waals surface area contributed by atoms with Crippen molar-refractivity contribution in [3.63, 3.8) is 0 Å². The van der Waals surface area contributed by atoms with Crippen LogP contribution in [0.1, 0.15) is 98.8 Å². The van der Waals surface area contributed by atoms with Crippen LogP contribution in [0.25, 0.3) is 21.5 Å². The Kier molecular flexibility index (Phi) is 13.5. The average molecular weight is 757 g/mol. The Balaban J connectivity index is 1.08. The maximum absolute atomic E-state index is 14.3. The summed E-state index contributed by atoms with van der Waals surface area (Å²) in [6, 6.07) is 31.8. The lowest BCUT2D eigenvalue weighted by Gasteiger charge is -2.26. The first-order valence-corrected chi connectivity index (χ1v) is 20.8. The topological polar surface area (TPSA) is 84.1 Å². The molecule has 2 atom stereocenters. The number of fused-ring (bicyclic) bond motifs is 2. The molecule has 0 radical (unpaired) electrons. The fourth-order valence-electron chi connectivity index (χ4n) is 7.19. The number of unbranched alkanes of at least 4 members (excludes halogenated alkanes) is 6. The van der Waals surface area contributed by atoms with E-state index in [9.17, 15) is 9.59 Å². The molecule has 5 aromatic rings. The van der Waals surface area contributed by atoms with Crippen molar-refractivity contribution in [1.82, 2.24) is 0 Å². The van der Waals surface area contributed by atoms with Crippen LogP contribution in [0.5, 0.6) is 11.5 Å². The third-order valence-electron chi connectivity index (χ3n) is 10.8. The number of rotatable bonds is 22. The van der Waals surface area contributed by atoms with Crippen LogP contribution in [0.2, 0.25) is 0 Å². The Hall–Kier alpha value is -4.92. The molecule has 56 heavy (non-hydrogen) atoms. The van der Waals surface area contributed by atoms with Gasteiger partial charge in [-0.2, -0.15) is 0 Å². The Morgan fingerprint density at radius 2 is 0.929 bits per heavy atom. The quantitative estimate of drug-likeness (QED) is 0.0516. The third kappa shape index (κ3) is 10.7. The minimum atomic E-state index is -0.0324. The van der Waals surface area contributed by atoms with Gasteiger partial charge in [0.1, 0.15) is 11.5 Å². The van der Waals surface area contributed by atoms with E-state index in [4.69, 9.17) is 18.9 Å². The number of carbonyl (C=O) groups excluding carboxylic acids is 2. The highest BCUT2D eigenvalue weighted by Crippen LogP contribution is 2.29. The molecule has 5 aromatic carbocycles. The largest absolute Gasteiger partial charge is 0.493 e. The zero-order valence-electron chi connectivity index (χ0n) is 33.0. The Morgan fingerprint density at radius 1 is 0.536 bits per heavy atom. The van der Waals surface area contributed by atoms with Gasteiger partial charge >= 0.3 is 0 Å². The van der Waals surface area contributed by atoms with Crippen molar-refractivity contribution in [3.05, 3.63) is 108 Å². The van der Waals surface area contributed by atoms with E-state index in [-0.39, 0.29) is 11.8 Å². The summed E-state index contributed by atoms with van der Waals surface area (Å²) in [7, 11) is 0. The number of benzene rings is 5. The first kappa shape index (κ1) is 39.3. The van der Waals surface area contributed by atoms with Crippen molar-refractivity contribution < 1.29 is 28.5 Å². The molecule has 2 heterocycles. The summed E-state index contributed by atoms with van der Waals surface area (Å²) in [5, 5.41) is 4.05. The van der Waals surface area contributed by atoms with Crippen LogP contribution in [0.4, 0.5) is 11.4 Å². The summed E-state index contributed by atoms with van der Waals surface area (Å²) in [6.45, 7) is 8.54. The molecule has 0 aromatic heterocycles. The van der Waals surface area contributed by atoms with Gasteiger partial charge in [-0.05, 0) is 107 Å². The van der Waals surface area contributed by atoms with E-state index in [2.05, 4.69) is 13.8 Å². The molecule has 8 heteroatoms. The second-order valence-electron chi connectivity index (χ2n) is 15.2. The Labute approximate surface area is 331 Å². The van der Waals surface area contributed by atoms with Crippen LogP contribution in [-0.4, -0.2) is 63.5 Å². The third-order valence-corrected chi connectivity index (χ3v) is 10.8. The second kappa shape index (κ2) is 19.3. The number of hydrogen-bond acceptors (Lipinski definition) is 6. The molecule has 0 bridgehead atoms. The standard InChI is InChI=1S/C48H56N2O6/c1-3-5-7-9-25-49(47(51)39-13-11-37-31-43(21-15-35(37)29-39)53-27-23-45-33-55-45)41-17-19-42(20-18-41)50(26-10-8-6-4-2)48(52)40-14-12-38-32-44(22-16-36(38)30-40)54-28-24-46-34-56-46/h11-22,29-32,45-46H,3-10,23-28,33-34H2,1-2H3. The number of hydrogen-bond donors (Lipinski definition) is 0. The molecule has 294 valence electrons. The zero-order valence-corrected chi connectivity index (χ0v) is 33.0. The number of ether oxygens (including phenoxy) is 4. The predicted molar refractivity (Wildman–Crippen MR) is 226 cm³/mol. The zero-order chi connectivity index (χ0) is 38.7. The minimum absolute atomic E-state index is 0.0324. The van der Waals surface area contributed by atoms with Crippen molar-refractivity contribution in [2.75, 3.05) is 49.3 Å². The first-order valence-electron chi connectivity index (χ1n) is 20.8. The monoisotopic (exact) mass is 756 g/mol.